The van der Waals surface area contributed by atoms with Crippen LogP contribution in [-0.4, -0.2) is 48.6 Å². The topological polar surface area (TPSA) is 58.6 Å². The van der Waals surface area contributed by atoms with Gasteiger partial charge in [0.2, 0.25) is 5.91 Å². The summed E-state index contributed by atoms with van der Waals surface area (Å²) in [6.07, 6.45) is 4.69. The maximum absolute atomic E-state index is 12.0. The average Bonchev–Trinajstić information content (AvgIpc) is 2.87. The molecular formula is C13H20N2O3. The Morgan fingerprint density at radius 2 is 2.22 bits per heavy atom. The zero-order valence-electron chi connectivity index (χ0n) is 10.7. The van der Waals surface area contributed by atoms with Gasteiger partial charge in [0.1, 0.15) is 0 Å². The summed E-state index contributed by atoms with van der Waals surface area (Å²) in [5.74, 6) is -0.0267. The SMILES string of the molecule is COC(=O)C1CCC2C(C1)NC(=O)C1CCCN12. The van der Waals surface area contributed by atoms with Gasteiger partial charge in [0, 0.05) is 12.1 Å². The van der Waals surface area contributed by atoms with Gasteiger partial charge in [-0.25, -0.2) is 0 Å². The first-order valence-electron chi connectivity index (χ1n) is 6.84. The fourth-order valence-electron chi connectivity index (χ4n) is 3.83. The first kappa shape index (κ1) is 12.0. The molecule has 1 saturated carbocycles. The van der Waals surface area contributed by atoms with Crippen molar-refractivity contribution in [1.82, 2.24) is 10.2 Å². The van der Waals surface area contributed by atoms with Crippen LogP contribution in [-0.2, 0) is 14.3 Å². The van der Waals surface area contributed by atoms with Gasteiger partial charge in [0.05, 0.1) is 19.1 Å². The average molecular weight is 252 g/mol. The van der Waals surface area contributed by atoms with Crippen LogP contribution in [0.1, 0.15) is 32.1 Å². The lowest BCUT2D eigenvalue weighted by atomic mass is 9.80. The van der Waals surface area contributed by atoms with Crippen molar-refractivity contribution < 1.29 is 14.3 Å². The van der Waals surface area contributed by atoms with Gasteiger partial charge in [-0.3, -0.25) is 14.5 Å². The third kappa shape index (κ3) is 1.81. The number of amides is 1. The molecule has 1 amide bonds. The molecule has 2 saturated heterocycles. The number of carbonyl (C=O) groups is 2. The van der Waals surface area contributed by atoms with E-state index in [9.17, 15) is 9.59 Å². The molecule has 0 bridgehead atoms. The summed E-state index contributed by atoms with van der Waals surface area (Å²) < 4.78 is 4.82. The second kappa shape index (κ2) is 4.53. The first-order valence-corrected chi connectivity index (χ1v) is 6.84. The molecule has 1 N–H and O–H groups in total. The number of esters is 1. The number of nitrogens with zero attached hydrogens (tertiary/aromatic N) is 1. The normalized spacial score (nSPS) is 39.7. The van der Waals surface area contributed by atoms with Crippen LogP contribution in [0.2, 0.25) is 0 Å². The van der Waals surface area contributed by atoms with Gasteiger partial charge in [-0.1, -0.05) is 0 Å². The molecule has 4 atom stereocenters. The number of hydrogen-bond acceptors (Lipinski definition) is 4. The van der Waals surface area contributed by atoms with Gasteiger partial charge in [0.25, 0.3) is 0 Å². The predicted octanol–water partition coefficient (Wildman–Crippen LogP) is 0.291. The first-order chi connectivity index (χ1) is 8.70. The zero-order chi connectivity index (χ0) is 12.7. The molecule has 0 aromatic heterocycles. The Morgan fingerprint density at radius 1 is 1.39 bits per heavy atom. The molecule has 2 aliphatic heterocycles. The van der Waals surface area contributed by atoms with E-state index in [1.807, 2.05) is 0 Å². The molecule has 3 aliphatic rings. The summed E-state index contributed by atoms with van der Waals surface area (Å²) in [4.78, 5) is 26.0. The van der Waals surface area contributed by atoms with Crippen LogP contribution in [0.25, 0.3) is 0 Å². The molecule has 0 aromatic rings. The van der Waals surface area contributed by atoms with Gasteiger partial charge < -0.3 is 10.1 Å². The van der Waals surface area contributed by atoms with Crippen LogP contribution >= 0.6 is 0 Å². The number of ether oxygens (including phenoxy) is 1. The van der Waals surface area contributed by atoms with E-state index in [0.29, 0.717) is 6.04 Å². The molecule has 18 heavy (non-hydrogen) atoms. The summed E-state index contributed by atoms with van der Waals surface area (Å²) in [7, 11) is 1.43. The van der Waals surface area contributed by atoms with Crippen LogP contribution in [0.4, 0.5) is 0 Å². The zero-order valence-corrected chi connectivity index (χ0v) is 10.7. The Morgan fingerprint density at radius 3 is 3.00 bits per heavy atom. The lowest BCUT2D eigenvalue weighted by molar-refractivity contribution is -0.149. The quantitative estimate of drug-likeness (QED) is 0.682. The van der Waals surface area contributed by atoms with E-state index < -0.39 is 0 Å². The summed E-state index contributed by atoms with van der Waals surface area (Å²) in [6.45, 7) is 1.03. The third-order valence-corrected chi connectivity index (χ3v) is 4.70. The lowest BCUT2D eigenvalue weighted by Gasteiger charge is -2.46. The number of nitrogens with one attached hydrogen (secondary N) is 1. The van der Waals surface area contributed by atoms with E-state index in [2.05, 4.69) is 10.2 Å². The Balaban J connectivity index is 1.73. The number of hydrogen-bond donors (Lipinski definition) is 1. The molecule has 0 radical (unpaired) electrons. The molecule has 0 spiro atoms. The third-order valence-electron chi connectivity index (χ3n) is 4.70. The summed E-state index contributed by atoms with van der Waals surface area (Å²) in [6, 6.07) is 0.640. The van der Waals surface area contributed by atoms with Gasteiger partial charge >= 0.3 is 5.97 Å². The molecule has 2 heterocycles. The highest BCUT2D eigenvalue weighted by Gasteiger charge is 2.47. The molecule has 1 aliphatic carbocycles. The highest BCUT2D eigenvalue weighted by molar-refractivity contribution is 5.83. The number of piperazine rings is 1. The molecule has 4 unspecified atom stereocenters. The minimum Gasteiger partial charge on any atom is -0.469 e. The van der Waals surface area contributed by atoms with Gasteiger partial charge in [0.15, 0.2) is 0 Å². The van der Waals surface area contributed by atoms with E-state index in [1.165, 1.54) is 7.11 Å². The number of rotatable bonds is 1. The predicted molar refractivity (Wildman–Crippen MR) is 64.8 cm³/mol. The monoisotopic (exact) mass is 252 g/mol. The van der Waals surface area contributed by atoms with Crippen molar-refractivity contribution in [3.05, 3.63) is 0 Å². The van der Waals surface area contributed by atoms with Gasteiger partial charge in [-0.05, 0) is 38.6 Å². The van der Waals surface area contributed by atoms with Crippen LogP contribution < -0.4 is 5.32 Å². The summed E-state index contributed by atoms with van der Waals surface area (Å²) >= 11 is 0. The van der Waals surface area contributed by atoms with Crippen LogP contribution in [0, 0.1) is 5.92 Å². The smallest absolute Gasteiger partial charge is 0.308 e. The molecular weight excluding hydrogens is 232 g/mol. The second-order valence-electron chi connectivity index (χ2n) is 5.61. The van der Waals surface area contributed by atoms with Crippen LogP contribution in [0.15, 0.2) is 0 Å². The number of carbonyl (C=O) groups excluding carboxylic acids is 2. The maximum atomic E-state index is 12.0. The van der Waals surface area contributed by atoms with Crippen LogP contribution in [0.5, 0.6) is 0 Å². The Kier molecular flexibility index (Phi) is 3.01. The van der Waals surface area contributed by atoms with Crippen molar-refractivity contribution in [3.8, 4) is 0 Å². The van der Waals surface area contributed by atoms with Crippen molar-refractivity contribution >= 4 is 11.9 Å². The second-order valence-corrected chi connectivity index (χ2v) is 5.61. The van der Waals surface area contributed by atoms with Gasteiger partial charge in [-0.15, -0.1) is 0 Å². The Hall–Kier alpha value is -1.10. The largest absolute Gasteiger partial charge is 0.469 e. The molecule has 100 valence electrons. The standard InChI is InChI=1S/C13H20N2O3/c1-18-13(17)8-4-5-10-9(7-8)14-12(16)11-3-2-6-15(10)11/h8-11H,2-7H2,1H3,(H,14,16). The lowest BCUT2D eigenvalue weighted by Crippen LogP contribution is -2.65. The summed E-state index contributed by atoms with van der Waals surface area (Å²) in [5, 5.41) is 3.11. The molecule has 3 fully saturated rings. The maximum Gasteiger partial charge on any atom is 0.308 e. The van der Waals surface area contributed by atoms with E-state index in [1.54, 1.807) is 0 Å². The van der Waals surface area contributed by atoms with Crippen molar-refractivity contribution in [2.24, 2.45) is 5.92 Å². The van der Waals surface area contributed by atoms with Crippen LogP contribution in [0.3, 0.4) is 0 Å². The van der Waals surface area contributed by atoms with Crippen molar-refractivity contribution in [1.29, 1.82) is 0 Å². The number of fused-ring (bicyclic) bond motifs is 3. The Labute approximate surface area is 107 Å². The fourth-order valence-corrected chi connectivity index (χ4v) is 3.83. The van der Waals surface area contributed by atoms with Crippen molar-refractivity contribution in [3.63, 3.8) is 0 Å². The Bertz CT molecular complexity index is 371. The van der Waals surface area contributed by atoms with E-state index in [0.717, 1.165) is 38.6 Å². The molecule has 5 heteroatoms. The minimum absolute atomic E-state index is 0.0456. The van der Waals surface area contributed by atoms with Crippen molar-refractivity contribution in [2.75, 3.05) is 13.7 Å². The van der Waals surface area contributed by atoms with Gasteiger partial charge in [-0.2, -0.15) is 0 Å². The van der Waals surface area contributed by atoms with Crippen molar-refractivity contribution in [2.45, 2.75) is 50.2 Å². The van der Waals surface area contributed by atoms with E-state index in [-0.39, 0.29) is 29.9 Å². The van der Waals surface area contributed by atoms with E-state index >= 15 is 0 Å². The highest BCUT2D eigenvalue weighted by atomic mass is 16.5. The fraction of sp³-hybridized carbons (Fsp3) is 0.846. The molecule has 5 nitrogen and oxygen atoms in total. The highest BCUT2D eigenvalue weighted by Crippen LogP contribution is 2.35. The summed E-state index contributed by atoms with van der Waals surface area (Å²) in [5.41, 5.74) is 0. The van der Waals surface area contributed by atoms with E-state index in [4.69, 9.17) is 4.74 Å². The molecule has 0 aromatic carbocycles. The minimum atomic E-state index is -0.133. The molecule has 3 rings (SSSR count). The number of methoxy groups -OCH3 is 1.